The van der Waals surface area contributed by atoms with Gasteiger partial charge in [0.05, 0.1) is 12.8 Å². The average Bonchev–Trinajstić information content (AvgIpc) is 3.31. The Balaban J connectivity index is 1.62. The number of carbonyl (C=O) groups excluding carboxylic acids is 1. The number of nitrogens with one attached hydrogen (secondary N) is 1. The van der Waals surface area contributed by atoms with Crippen LogP contribution in [0.25, 0.3) is 0 Å². The predicted octanol–water partition coefficient (Wildman–Crippen LogP) is 3.42. The van der Waals surface area contributed by atoms with Gasteiger partial charge in [-0.2, -0.15) is 0 Å². The first-order valence-corrected chi connectivity index (χ1v) is 8.72. The number of benzene rings is 1. The van der Waals surface area contributed by atoms with Crippen LogP contribution in [0, 0.1) is 0 Å². The van der Waals surface area contributed by atoms with Crippen LogP contribution in [0.4, 0.5) is 5.69 Å². The summed E-state index contributed by atoms with van der Waals surface area (Å²) < 4.78 is 5.23. The van der Waals surface area contributed by atoms with Gasteiger partial charge in [-0.25, -0.2) is 0 Å². The summed E-state index contributed by atoms with van der Waals surface area (Å²) in [4.78, 5) is 16.0. The molecule has 130 valence electrons. The van der Waals surface area contributed by atoms with E-state index in [-0.39, 0.29) is 5.91 Å². The number of hydrogen-bond acceptors (Lipinski definition) is 5. The summed E-state index contributed by atoms with van der Waals surface area (Å²) >= 11 is 1.45. The van der Waals surface area contributed by atoms with Crippen molar-refractivity contribution in [1.82, 2.24) is 5.32 Å². The Morgan fingerprint density at radius 3 is 2.80 bits per heavy atom. The standard InChI is InChI=1S/C19H20N2O3S/c1-21(2)14-6-3-5-13(11-14)19(23)20-12-15-8-9-17(25-15)18(22)16-7-4-10-24-16/h3-11,18,22H,12H2,1-2H3,(H,20,23). The normalized spacial score (nSPS) is 12.0. The molecule has 0 aliphatic heterocycles. The number of hydrogen-bond donors (Lipinski definition) is 2. The van der Waals surface area contributed by atoms with Crippen molar-refractivity contribution in [3.8, 4) is 0 Å². The van der Waals surface area contributed by atoms with E-state index in [4.69, 9.17) is 4.42 Å². The van der Waals surface area contributed by atoms with Crippen LogP contribution >= 0.6 is 11.3 Å². The summed E-state index contributed by atoms with van der Waals surface area (Å²) in [5.74, 6) is 0.392. The number of aliphatic hydroxyl groups excluding tert-OH is 1. The fourth-order valence-electron chi connectivity index (χ4n) is 2.42. The Hall–Kier alpha value is -2.57. The fraction of sp³-hybridized carbons (Fsp3) is 0.211. The van der Waals surface area contributed by atoms with E-state index in [2.05, 4.69) is 5.32 Å². The molecule has 5 nitrogen and oxygen atoms in total. The maximum Gasteiger partial charge on any atom is 0.251 e. The molecule has 0 spiro atoms. The molecular formula is C19H20N2O3S. The topological polar surface area (TPSA) is 65.7 Å². The number of rotatable bonds is 6. The first kappa shape index (κ1) is 17.3. The molecule has 2 N–H and O–H groups in total. The van der Waals surface area contributed by atoms with Crippen molar-refractivity contribution in [3.63, 3.8) is 0 Å². The maximum absolute atomic E-state index is 12.3. The lowest BCUT2D eigenvalue weighted by molar-refractivity contribution is 0.0951. The Kier molecular flexibility index (Phi) is 5.21. The molecule has 3 aromatic rings. The zero-order valence-electron chi connectivity index (χ0n) is 14.1. The van der Waals surface area contributed by atoms with E-state index in [0.29, 0.717) is 17.9 Å². The summed E-state index contributed by atoms with van der Waals surface area (Å²) in [6.07, 6.45) is 0.760. The molecule has 0 saturated heterocycles. The minimum absolute atomic E-state index is 0.120. The Morgan fingerprint density at radius 1 is 1.24 bits per heavy atom. The Labute approximate surface area is 150 Å². The van der Waals surface area contributed by atoms with Crippen molar-refractivity contribution in [2.24, 2.45) is 0 Å². The molecule has 0 fully saturated rings. The van der Waals surface area contributed by atoms with Gasteiger partial charge in [-0.15, -0.1) is 11.3 Å². The third kappa shape index (κ3) is 4.10. The van der Waals surface area contributed by atoms with Crippen LogP contribution in [-0.4, -0.2) is 25.1 Å². The van der Waals surface area contributed by atoms with Gasteiger partial charge in [0.25, 0.3) is 5.91 Å². The first-order chi connectivity index (χ1) is 12.0. The van der Waals surface area contributed by atoms with Gasteiger partial charge < -0.3 is 19.7 Å². The Morgan fingerprint density at radius 2 is 2.08 bits per heavy atom. The SMILES string of the molecule is CN(C)c1cccc(C(=O)NCc2ccc(C(O)c3ccco3)s2)c1. The van der Waals surface area contributed by atoms with Crippen molar-refractivity contribution in [3.05, 3.63) is 75.9 Å². The van der Waals surface area contributed by atoms with Crippen LogP contribution in [0.3, 0.4) is 0 Å². The van der Waals surface area contributed by atoms with E-state index in [1.165, 1.54) is 17.6 Å². The largest absolute Gasteiger partial charge is 0.466 e. The van der Waals surface area contributed by atoms with Gasteiger partial charge in [-0.1, -0.05) is 6.07 Å². The zero-order chi connectivity index (χ0) is 17.8. The van der Waals surface area contributed by atoms with Crippen molar-refractivity contribution in [2.75, 3.05) is 19.0 Å². The summed E-state index contributed by atoms with van der Waals surface area (Å²) in [5, 5.41) is 13.2. The molecule has 0 saturated carbocycles. The highest BCUT2D eigenvalue weighted by atomic mass is 32.1. The number of aliphatic hydroxyl groups is 1. The monoisotopic (exact) mass is 356 g/mol. The number of carbonyl (C=O) groups is 1. The quantitative estimate of drug-likeness (QED) is 0.710. The van der Waals surface area contributed by atoms with Crippen LogP contribution < -0.4 is 10.2 Å². The molecule has 0 aliphatic rings. The van der Waals surface area contributed by atoms with Crippen LogP contribution in [0.1, 0.15) is 32.0 Å². The van der Waals surface area contributed by atoms with E-state index in [9.17, 15) is 9.90 Å². The van der Waals surface area contributed by atoms with Crippen LogP contribution in [0.15, 0.2) is 59.2 Å². The smallest absolute Gasteiger partial charge is 0.251 e. The molecule has 1 amide bonds. The third-order valence-corrected chi connectivity index (χ3v) is 4.95. The number of nitrogens with zero attached hydrogens (tertiary/aromatic N) is 1. The molecule has 0 bridgehead atoms. The minimum Gasteiger partial charge on any atom is -0.466 e. The van der Waals surface area contributed by atoms with Gasteiger partial charge in [-0.05, 0) is 42.5 Å². The summed E-state index contributed by atoms with van der Waals surface area (Å²) in [6, 6.07) is 14.7. The van der Waals surface area contributed by atoms with E-state index >= 15 is 0 Å². The number of anilines is 1. The molecule has 6 heteroatoms. The van der Waals surface area contributed by atoms with E-state index in [1.54, 1.807) is 18.2 Å². The minimum atomic E-state index is -0.777. The van der Waals surface area contributed by atoms with Gasteiger partial charge in [0.15, 0.2) is 0 Å². The number of furan rings is 1. The zero-order valence-corrected chi connectivity index (χ0v) is 14.9. The first-order valence-electron chi connectivity index (χ1n) is 7.90. The predicted molar refractivity (Wildman–Crippen MR) is 99.0 cm³/mol. The van der Waals surface area contributed by atoms with E-state index in [1.807, 2.05) is 49.3 Å². The van der Waals surface area contributed by atoms with Gasteiger partial charge >= 0.3 is 0 Å². The molecule has 2 heterocycles. The lowest BCUT2D eigenvalue weighted by atomic mass is 10.2. The second kappa shape index (κ2) is 7.55. The van der Waals surface area contributed by atoms with Crippen molar-refractivity contribution >= 4 is 22.9 Å². The summed E-state index contributed by atoms with van der Waals surface area (Å²) in [6.45, 7) is 0.417. The summed E-state index contributed by atoms with van der Waals surface area (Å²) in [7, 11) is 3.88. The summed E-state index contributed by atoms with van der Waals surface area (Å²) in [5.41, 5.74) is 1.60. The number of thiophene rings is 1. The highest BCUT2D eigenvalue weighted by Crippen LogP contribution is 2.28. The van der Waals surface area contributed by atoms with Gasteiger partial charge in [0, 0.05) is 35.1 Å². The fourth-order valence-corrected chi connectivity index (χ4v) is 3.37. The van der Waals surface area contributed by atoms with Crippen LogP contribution in [-0.2, 0) is 6.54 Å². The van der Waals surface area contributed by atoms with E-state index < -0.39 is 6.10 Å². The molecule has 2 aromatic heterocycles. The lowest BCUT2D eigenvalue weighted by Crippen LogP contribution is -2.22. The lowest BCUT2D eigenvalue weighted by Gasteiger charge is -2.13. The molecule has 1 aromatic carbocycles. The maximum atomic E-state index is 12.3. The van der Waals surface area contributed by atoms with Gasteiger partial charge in [-0.3, -0.25) is 4.79 Å². The molecule has 1 atom stereocenters. The Bertz CT molecular complexity index is 840. The molecular weight excluding hydrogens is 336 g/mol. The van der Waals surface area contributed by atoms with Gasteiger partial charge in [0.2, 0.25) is 0 Å². The second-order valence-corrected chi connectivity index (χ2v) is 7.05. The van der Waals surface area contributed by atoms with Crippen molar-refractivity contribution < 1.29 is 14.3 Å². The second-order valence-electron chi connectivity index (χ2n) is 5.85. The average molecular weight is 356 g/mol. The van der Waals surface area contributed by atoms with Crippen LogP contribution in [0.5, 0.6) is 0 Å². The van der Waals surface area contributed by atoms with Crippen LogP contribution in [0.2, 0.25) is 0 Å². The van der Waals surface area contributed by atoms with Gasteiger partial charge in [0.1, 0.15) is 11.9 Å². The van der Waals surface area contributed by atoms with Crippen molar-refractivity contribution in [2.45, 2.75) is 12.6 Å². The number of amides is 1. The molecule has 0 radical (unpaired) electrons. The van der Waals surface area contributed by atoms with E-state index in [0.717, 1.165) is 15.4 Å². The molecule has 3 rings (SSSR count). The molecule has 0 aliphatic carbocycles. The third-order valence-electron chi connectivity index (χ3n) is 3.81. The molecule has 1 unspecified atom stereocenters. The van der Waals surface area contributed by atoms with Crippen molar-refractivity contribution in [1.29, 1.82) is 0 Å². The highest BCUT2D eigenvalue weighted by molar-refractivity contribution is 7.12. The molecule has 25 heavy (non-hydrogen) atoms. The highest BCUT2D eigenvalue weighted by Gasteiger charge is 2.16.